The molecule has 0 aliphatic rings. The number of nitrogens with one attached hydrogen (secondary N) is 1. The SMILES string of the molecule is O=C(NCCc1ncon1)c1c(O)cccc1O. The summed E-state index contributed by atoms with van der Waals surface area (Å²) < 4.78 is 4.54. The Morgan fingerprint density at radius 1 is 1.33 bits per heavy atom. The number of aromatic nitrogens is 2. The maximum atomic E-state index is 11.7. The number of rotatable bonds is 4. The van der Waals surface area contributed by atoms with E-state index in [4.69, 9.17) is 0 Å². The Kier molecular flexibility index (Phi) is 3.42. The number of hydrogen-bond donors (Lipinski definition) is 3. The molecule has 0 aliphatic carbocycles. The highest BCUT2D eigenvalue weighted by Crippen LogP contribution is 2.25. The van der Waals surface area contributed by atoms with Gasteiger partial charge in [-0.1, -0.05) is 11.2 Å². The average Bonchev–Trinajstić information content (AvgIpc) is 2.82. The Labute approximate surface area is 102 Å². The molecule has 0 aliphatic heterocycles. The van der Waals surface area contributed by atoms with Gasteiger partial charge in [0.15, 0.2) is 5.82 Å². The first-order chi connectivity index (χ1) is 8.68. The summed E-state index contributed by atoms with van der Waals surface area (Å²) in [7, 11) is 0. The number of hydrogen-bond acceptors (Lipinski definition) is 6. The van der Waals surface area contributed by atoms with E-state index in [-0.39, 0.29) is 23.6 Å². The van der Waals surface area contributed by atoms with Crippen molar-refractivity contribution in [1.82, 2.24) is 15.5 Å². The van der Waals surface area contributed by atoms with Crippen LogP contribution in [-0.4, -0.2) is 32.8 Å². The van der Waals surface area contributed by atoms with Gasteiger partial charge in [0.05, 0.1) is 0 Å². The minimum absolute atomic E-state index is 0.148. The van der Waals surface area contributed by atoms with Gasteiger partial charge in [-0.2, -0.15) is 4.98 Å². The molecule has 1 aromatic heterocycles. The van der Waals surface area contributed by atoms with Crippen LogP contribution >= 0.6 is 0 Å². The van der Waals surface area contributed by atoms with Gasteiger partial charge >= 0.3 is 0 Å². The molecule has 2 rings (SSSR count). The van der Waals surface area contributed by atoms with E-state index in [0.29, 0.717) is 12.2 Å². The summed E-state index contributed by atoms with van der Waals surface area (Å²) >= 11 is 0. The van der Waals surface area contributed by atoms with Crippen LogP contribution < -0.4 is 5.32 Å². The van der Waals surface area contributed by atoms with Gasteiger partial charge in [0.25, 0.3) is 5.91 Å². The number of phenols is 2. The van der Waals surface area contributed by atoms with Crippen LogP contribution in [0, 0.1) is 0 Å². The number of amides is 1. The lowest BCUT2D eigenvalue weighted by molar-refractivity contribution is 0.0948. The molecule has 1 heterocycles. The first-order valence-corrected chi connectivity index (χ1v) is 5.23. The normalized spacial score (nSPS) is 10.2. The molecule has 18 heavy (non-hydrogen) atoms. The molecule has 0 spiro atoms. The second kappa shape index (κ2) is 5.17. The topological polar surface area (TPSA) is 108 Å². The second-order valence-corrected chi connectivity index (χ2v) is 3.52. The van der Waals surface area contributed by atoms with Crippen molar-refractivity contribution in [3.05, 3.63) is 36.0 Å². The number of aromatic hydroxyl groups is 2. The standard InChI is InChI=1S/C11H11N3O4/c15-7-2-1-3-8(16)10(7)11(17)12-5-4-9-13-6-18-14-9/h1-3,6,15-16H,4-5H2,(H,12,17). The molecule has 2 aromatic rings. The fourth-order valence-electron chi connectivity index (χ4n) is 1.44. The maximum absolute atomic E-state index is 11.7. The van der Waals surface area contributed by atoms with E-state index in [0.717, 1.165) is 0 Å². The van der Waals surface area contributed by atoms with Crippen molar-refractivity contribution in [1.29, 1.82) is 0 Å². The quantitative estimate of drug-likeness (QED) is 0.726. The molecule has 0 saturated heterocycles. The highest BCUT2D eigenvalue weighted by atomic mass is 16.5. The first-order valence-electron chi connectivity index (χ1n) is 5.23. The molecule has 0 bridgehead atoms. The third-order valence-corrected chi connectivity index (χ3v) is 2.29. The fraction of sp³-hybridized carbons (Fsp3) is 0.182. The van der Waals surface area contributed by atoms with E-state index < -0.39 is 5.91 Å². The van der Waals surface area contributed by atoms with Crippen molar-refractivity contribution >= 4 is 5.91 Å². The predicted octanol–water partition coefficient (Wildman–Crippen LogP) is 0.453. The van der Waals surface area contributed by atoms with Gasteiger partial charge in [-0.3, -0.25) is 4.79 Å². The molecule has 0 radical (unpaired) electrons. The molecule has 0 saturated carbocycles. The van der Waals surface area contributed by atoms with Crippen molar-refractivity contribution in [2.45, 2.75) is 6.42 Å². The van der Waals surface area contributed by atoms with Crippen molar-refractivity contribution in [3.63, 3.8) is 0 Å². The molecule has 1 aromatic carbocycles. The van der Waals surface area contributed by atoms with E-state index in [2.05, 4.69) is 20.0 Å². The summed E-state index contributed by atoms with van der Waals surface area (Å²) in [4.78, 5) is 15.5. The summed E-state index contributed by atoms with van der Waals surface area (Å²) in [5.74, 6) is -0.634. The lowest BCUT2D eigenvalue weighted by Crippen LogP contribution is -2.26. The van der Waals surface area contributed by atoms with Crippen LogP contribution in [0.5, 0.6) is 11.5 Å². The Bertz CT molecular complexity index is 519. The zero-order valence-electron chi connectivity index (χ0n) is 9.33. The molecule has 3 N–H and O–H groups in total. The summed E-state index contributed by atoms with van der Waals surface area (Å²) in [6.07, 6.45) is 1.60. The Morgan fingerprint density at radius 2 is 2.06 bits per heavy atom. The lowest BCUT2D eigenvalue weighted by Gasteiger charge is -2.07. The minimum Gasteiger partial charge on any atom is -0.507 e. The number of benzene rings is 1. The Hall–Kier alpha value is -2.57. The van der Waals surface area contributed by atoms with Gasteiger partial charge in [-0.25, -0.2) is 0 Å². The average molecular weight is 249 g/mol. The van der Waals surface area contributed by atoms with Crippen LogP contribution in [0.15, 0.2) is 29.1 Å². The van der Waals surface area contributed by atoms with Gasteiger partial charge in [0, 0.05) is 13.0 Å². The van der Waals surface area contributed by atoms with Crippen LogP contribution in [-0.2, 0) is 6.42 Å². The third kappa shape index (κ3) is 2.57. The van der Waals surface area contributed by atoms with E-state index in [1.54, 1.807) is 0 Å². The number of nitrogens with zero attached hydrogens (tertiary/aromatic N) is 2. The van der Waals surface area contributed by atoms with Crippen molar-refractivity contribution in [2.24, 2.45) is 0 Å². The van der Waals surface area contributed by atoms with Gasteiger partial charge < -0.3 is 20.1 Å². The molecule has 1 amide bonds. The smallest absolute Gasteiger partial charge is 0.258 e. The van der Waals surface area contributed by atoms with Gasteiger partial charge in [0.1, 0.15) is 17.1 Å². The highest BCUT2D eigenvalue weighted by molar-refractivity contribution is 5.99. The zero-order chi connectivity index (χ0) is 13.0. The molecule has 7 nitrogen and oxygen atoms in total. The van der Waals surface area contributed by atoms with Crippen LogP contribution in [0.3, 0.4) is 0 Å². The van der Waals surface area contributed by atoms with Crippen molar-refractivity contribution in [3.8, 4) is 11.5 Å². The summed E-state index contributed by atoms with van der Waals surface area (Å²) in [6, 6.07) is 4.10. The third-order valence-electron chi connectivity index (χ3n) is 2.29. The van der Waals surface area contributed by atoms with Gasteiger partial charge in [-0.05, 0) is 12.1 Å². The minimum atomic E-state index is -0.561. The summed E-state index contributed by atoms with van der Waals surface area (Å²) in [5, 5.41) is 25.1. The van der Waals surface area contributed by atoms with Crippen LogP contribution in [0.2, 0.25) is 0 Å². The molecule has 94 valence electrons. The zero-order valence-corrected chi connectivity index (χ0v) is 9.33. The molecule has 0 fully saturated rings. The largest absolute Gasteiger partial charge is 0.507 e. The fourth-order valence-corrected chi connectivity index (χ4v) is 1.44. The Balaban J connectivity index is 1.96. The van der Waals surface area contributed by atoms with Gasteiger partial charge in [-0.15, -0.1) is 0 Å². The van der Waals surface area contributed by atoms with E-state index in [1.165, 1.54) is 24.6 Å². The molecular formula is C11H11N3O4. The predicted molar refractivity (Wildman–Crippen MR) is 60.1 cm³/mol. The van der Waals surface area contributed by atoms with Crippen LogP contribution in [0.4, 0.5) is 0 Å². The van der Waals surface area contributed by atoms with E-state index in [1.807, 2.05) is 0 Å². The monoisotopic (exact) mass is 249 g/mol. The second-order valence-electron chi connectivity index (χ2n) is 3.52. The lowest BCUT2D eigenvalue weighted by atomic mass is 10.1. The summed E-state index contributed by atoms with van der Waals surface area (Å²) in [6.45, 7) is 0.270. The Morgan fingerprint density at radius 3 is 2.67 bits per heavy atom. The van der Waals surface area contributed by atoms with Crippen molar-refractivity contribution in [2.75, 3.05) is 6.54 Å². The number of carbonyl (C=O) groups excluding carboxylic acids is 1. The highest BCUT2D eigenvalue weighted by Gasteiger charge is 2.15. The van der Waals surface area contributed by atoms with Crippen molar-refractivity contribution < 1.29 is 19.5 Å². The number of carbonyl (C=O) groups is 1. The summed E-state index contributed by atoms with van der Waals surface area (Å²) in [5.41, 5.74) is -0.148. The van der Waals surface area contributed by atoms with Crippen LogP contribution in [0.1, 0.15) is 16.2 Å². The number of phenolic OH excluding ortho intramolecular Hbond substituents is 2. The van der Waals surface area contributed by atoms with E-state index in [9.17, 15) is 15.0 Å². The van der Waals surface area contributed by atoms with E-state index >= 15 is 0 Å². The maximum Gasteiger partial charge on any atom is 0.258 e. The van der Waals surface area contributed by atoms with Gasteiger partial charge in [0.2, 0.25) is 6.39 Å². The van der Waals surface area contributed by atoms with Crippen LogP contribution in [0.25, 0.3) is 0 Å². The molecule has 7 heteroatoms. The first kappa shape index (κ1) is 11.9. The molecule has 0 atom stereocenters. The molecular weight excluding hydrogens is 238 g/mol. The molecule has 0 unspecified atom stereocenters.